The average molecular weight is 623 g/mol. The second-order valence-corrected chi connectivity index (χ2v) is 11.2. The first-order valence-corrected chi connectivity index (χ1v) is 14.6. The third-order valence-electron chi connectivity index (χ3n) is 7.08. The molecule has 12 heteroatoms. The Kier molecular flexibility index (Phi) is 9.72. The number of carbonyl (C=O) groups excluding carboxylic acids is 1. The van der Waals surface area contributed by atoms with E-state index in [0.29, 0.717) is 76.1 Å². The van der Waals surface area contributed by atoms with E-state index in [2.05, 4.69) is 25.6 Å². The van der Waals surface area contributed by atoms with E-state index in [1.807, 2.05) is 55.4 Å². The molecule has 1 atom stereocenters. The molecule has 224 valence electrons. The zero-order chi connectivity index (χ0) is 30.5. The number of ether oxygens (including phenoxy) is 2. The highest BCUT2D eigenvalue weighted by Crippen LogP contribution is 2.42. The monoisotopic (exact) mass is 621 g/mol. The number of rotatable bonds is 11. The van der Waals surface area contributed by atoms with E-state index in [0.717, 1.165) is 23.2 Å². The lowest BCUT2D eigenvalue weighted by Crippen LogP contribution is -2.35. The smallest absolute Gasteiger partial charge is 0.237 e. The SMILES string of the molecule is COc1nc(-c2cccc(-c3cccc(-c4cnc(CN(C)C)c(OC)n4)c3Cl)c2Cl)cnc1CNCC1CCC(=O)N1. The zero-order valence-electron chi connectivity index (χ0n) is 24.4. The number of aromatic nitrogens is 4. The maximum atomic E-state index is 11.5. The summed E-state index contributed by atoms with van der Waals surface area (Å²) in [4.78, 5) is 32.0. The molecule has 1 aliphatic heterocycles. The van der Waals surface area contributed by atoms with Gasteiger partial charge in [0.15, 0.2) is 0 Å². The van der Waals surface area contributed by atoms with E-state index in [-0.39, 0.29) is 11.9 Å². The van der Waals surface area contributed by atoms with E-state index in [4.69, 9.17) is 37.7 Å². The van der Waals surface area contributed by atoms with Crippen LogP contribution in [0, 0.1) is 0 Å². The van der Waals surface area contributed by atoms with Crippen LogP contribution in [0.25, 0.3) is 33.6 Å². The first-order chi connectivity index (χ1) is 20.8. The summed E-state index contributed by atoms with van der Waals surface area (Å²) in [5.41, 5.74) is 5.42. The second-order valence-electron chi connectivity index (χ2n) is 10.4. The van der Waals surface area contributed by atoms with Gasteiger partial charge in [0.05, 0.1) is 48.0 Å². The van der Waals surface area contributed by atoms with Gasteiger partial charge in [-0.05, 0) is 20.5 Å². The van der Waals surface area contributed by atoms with Crippen molar-refractivity contribution in [3.63, 3.8) is 0 Å². The van der Waals surface area contributed by atoms with Crippen LogP contribution >= 0.6 is 23.2 Å². The van der Waals surface area contributed by atoms with Crippen LogP contribution in [0.3, 0.4) is 0 Å². The number of methoxy groups -OCH3 is 2. The number of amides is 1. The Hall–Kier alpha value is -3.83. The Morgan fingerprint density at radius 2 is 1.42 bits per heavy atom. The van der Waals surface area contributed by atoms with Gasteiger partial charge in [-0.2, -0.15) is 0 Å². The molecule has 3 heterocycles. The molecule has 0 spiro atoms. The number of nitrogens with one attached hydrogen (secondary N) is 2. The minimum atomic E-state index is 0.0869. The largest absolute Gasteiger partial charge is 0.480 e. The standard InChI is InChI=1S/C31H33Cl2N7O3/c1-40(2)17-26-31(43-4)39-24(16-36-26)22-10-6-8-20(29(22)33)19-7-5-9-21(28(19)32)23-15-35-25(30(38-23)42-3)14-34-13-18-11-12-27(41)37-18/h5-10,15-16,18,34H,11-14,17H2,1-4H3,(H,37,41). The van der Waals surface area contributed by atoms with Gasteiger partial charge in [-0.25, -0.2) is 9.97 Å². The lowest BCUT2D eigenvalue weighted by atomic mass is 9.98. The Balaban J connectivity index is 1.42. The van der Waals surface area contributed by atoms with Crippen LogP contribution in [-0.4, -0.2) is 71.6 Å². The maximum Gasteiger partial charge on any atom is 0.237 e. The number of hydrogen-bond acceptors (Lipinski definition) is 9. The fourth-order valence-electron chi connectivity index (χ4n) is 4.98. The number of hydrogen-bond donors (Lipinski definition) is 2. The molecule has 2 aromatic heterocycles. The predicted molar refractivity (Wildman–Crippen MR) is 167 cm³/mol. The van der Waals surface area contributed by atoms with E-state index in [9.17, 15) is 4.79 Å². The summed E-state index contributed by atoms with van der Waals surface area (Å²) >= 11 is 14.0. The first kappa shape index (κ1) is 30.6. The first-order valence-electron chi connectivity index (χ1n) is 13.8. The average Bonchev–Trinajstić information content (AvgIpc) is 3.42. The van der Waals surface area contributed by atoms with E-state index < -0.39 is 0 Å². The molecular weight excluding hydrogens is 589 g/mol. The fourth-order valence-corrected chi connectivity index (χ4v) is 5.63. The highest BCUT2D eigenvalue weighted by Gasteiger charge is 2.21. The third kappa shape index (κ3) is 6.88. The molecule has 2 N–H and O–H groups in total. The molecule has 1 unspecified atom stereocenters. The summed E-state index contributed by atoms with van der Waals surface area (Å²) < 4.78 is 11.1. The summed E-state index contributed by atoms with van der Waals surface area (Å²) in [7, 11) is 7.06. The molecule has 0 aliphatic carbocycles. The van der Waals surface area contributed by atoms with Gasteiger partial charge in [0.25, 0.3) is 0 Å². The molecule has 0 radical (unpaired) electrons. The van der Waals surface area contributed by atoms with Gasteiger partial charge >= 0.3 is 0 Å². The molecule has 1 saturated heterocycles. The summed E-state index contributed by atoms with van der Waals surface area (Å²) in [5.74, 6) is 0.931. The van der Waals surface area contributed by atoms with Gasteiger partial charge in [-0.1, -0.05) is 59.6 Å². The summed E-state index contributed by atoms with van der Waals surface area (Å²) in [6.45, 7) is 1.69. The molecule has 1 fully saturated rings. The molecule has 0 saturated carbocycles. The number of nitrogens with zero attached hydrogens (tertiary/aromatic N) is 5. The highest BCUT2D eigenvalue weighted by atomic mass is 35.5. The van der Waals surface area contributed by atoms with Crippen molar-refractivity contribution in [3.05, 3.63) is 70.2 Å². The Morgan fingerprint density at radius 1 is 0.884 bits per heavy atom. The van der Waals surface area contributed by atoms with E-state index in [1.54, 1.807) is 26.6 Å². The summed E-state index contributed by atoms with van der Waals surface area (Å²) in [6.07, 6.45) is 4.76. The Morgan fingerprint density at radius 3 is 1.93 bits per heavy atom. The van der Waals surface area contributed by atoms with Crippen LogP contribution in [-0.2, 0) is 17.9 Å². The van der Waals surface area contributed by atoms with Gasteiger partial charge in [0.1, 0.15) is 11.4 Å². The van der Waals surface area contributed by atoms with Gasteiger partial charge in [-0.3, -0.25) is 14.8 Å². The number of carbonyl (C=O) groups is 1. The highest BCUT2D eigenvalue weighted by molar-refractivity contribution is 6.39. The van der Waals surface area contributed by atoms with Crippen LogP contribution in [0.1, 0.15) is 24.2 Å². The normalized spacial score (nSPS) is 14.7. The van der Waals surface area contributed by atoms with Gasteiger partial charge in [0.2, 0.25) is 17.7 Å². The number of benzene rings is 2. The molecule has 4 aromatic rings. The van der Waals surface area contributed by atoms with Gasteiger partial charge in [0, 0.05) is 54.4 Å². The molecule has 1 aliphatic rings. The van der Waals surface area contributed by atoms with Crippen molar-refractivity contribution in [3.8, 4) is 45.4 Å². The van der Waals surface area contributed by atoms with Crippen LogP contribution in [0.4, 0.5) is 0 Å². The van der Waals surface area contributed by atoms with Gasteiger partial charge in [-0.15, -0.1) is 0 Å². The van der Waals surface area contributed by atoms with Crippen LogP contribution in [0.2, 0.25) is 10.0 Å². The lowest BCUT2D eigenvalue weighted by Gasteiger charge is -2.16. The minimum absolute atomic E-state index is 0.0869. The third-order valence-corrected chi connectivity index (χ3v) is 7.90. The van der Waals surface area contributed by atoms with Crippen LogP contribution in [0.5, 0.6) is 11.8 Å². The van der Waals surface area contributed by atoms with Crippen molar-refractivity contribution in [1.29, 1.82) is 0 Å². The van der Waals surface area contributed by atoms with Crippen molar-refractivity contribution in [2.75, 3.05) is 34.9 Å². The molecule has 0 bridgehead atoms. The van der Waals surface area contributed by atoms with Crippen molar-refractivity contribution in [2.24, 2.45) is 0 Å². The van der Waals surface area contributed by atoms with Gasteiger partial charge < -0.3 is 25.0 Å². The second kappa shape index (κ2) is 13.6. The summed E-state index contributed by atoms with van der Waals surface area (Å²) in [5, 5.41) is 7.24. The van der Waals surface area contributed by atoms with Crippen LogP contribution < -0.4 is 20.1 Å². The van der Waals surface area contributed by atoms with Crippen molar-refractivity contribution in [2.45, 2.75) is 32.0 Å². The maximum absolute atomic E-state index is 11.5. The quantitative estimate of drug-likeness (QED) is 0.238. The molecule has 2 aromatic carbocycles. The zero-order valence-corrected chi connectivity index (χ0v) is 26.0. The fraction of sp³-hybridized carbons (Fsp3) is 0.323. The lowest BCUT2D eigenvalue weighted by molar-refractivity contribution is -0.119. The predicted octanol–water partition coefficient (Wildman–Crippen LogP) is 5.02. The molecular formula is C31H33Cl2N7O3. The van der Waals surface area contributed by atoms with Crippen molar-refractivity contribution >= 4 is 29.1 Å². The van der Waals surface area contributed by atoms with Crippen molar-refractivity contribution < 1.29 is 14.3 Å². The topological polar surface area (TPSA) is 114 Å². The van der Waals surface area contributed by atoms with Crippen LogP contribution in [0.15, 0.2) is 48.8 Å². The number of halogens is 2. The van der Waals surface area contributed by atoms with E-state index in [1.165, 1.54) is 0 Å². The molecule has 5 rings (SSSR count). The Labute approximate surface area is 260 Å². The summed E-state index contributed by atoms with van der Waals surface area (Å²) in [6, 6.07) is 11.5. The van der Waals surface area contributed by atoms with Crippen molar-refractivity contribution in [1.82, 2.24) is 35.5 Å². The molecule has 43 heavy (non-hydrogen) atoms. The minimum Gasteiger partial charge on any atom is -0.480 e. The Bertz CT molecular complexity index is 1630. The molecule has 1 amide bonds. The molecule has 10 nitrogen and oxygen atoms in total. The van der Waals surface area contributed by atoms with E-state index >= 15 is 0 Å².